The minimum Gasteiger partial charge on any atom is -0.427 e. The van der Waals surface area contributed by atoms with Crippen molar-refractivity contribution in [2.24, 2.45) is 0 Å². The number of benzene rings is 2. The maximum atomic E-state index is 12.4. The number of anilines is 2. The summed E-state index contributed by atoms with van der Waals surface area (Å²) in [5.41, 5.74) is 9.09. The highest BCUT2D eigenvalue weighted by Crippen LogP contribution is 2.30. The van der Waals surface area contributed by atoms with Crippen LogP contribution >= 0.6 is 0 Å². The number of allylic oxidation sites excluding steroid dienone is 2. The molecule has 0 unspecified atom stereocenters. The largest absolute Gasteiger partial charge is 0.427 e. The highest BCUT2D eigenvalue weighted by Gasteiger charge is 2.15. The average molecular weight is 350 g/mol. The van der Waals surface area contributed by atoms with Crippen LogP contribution in [0.5, 0.6) is 5.75 Å². The van der Waals surface area contributed by atoms with E-state index < -0.39 is 5.97 Å². The molecule has 0 heterocycles. The fourth-order valence-corrected chi connectivity index (χ4v) is 2.72. The van der Waals surface area contributed by atoms with Crippen molar-refractivity contribution in [3.8, 4) is 5.75 Å². The van der Waals surface area contributed by atoms with Crippen LogP contribution in [0.2, 0.25) is 0 Å². The summed E-state index contributed by atoms with van der Waals surface area (Å²) in [4.78, 5) is 34.8. The lowest BCUT2D eigenvalue weighted by molar-refractivity contribution is -0.131. The molecule has 6 nitrogen and oxygen atoms in total. The molecule has 2 aromatic carbocycles. The number of ketones is 1. The first kappa shape index (κ1) is 17.4. The first-order chi connectivity index (χ1) is 12.4. The zero-order valence-electron chi connectivity index (χ0n) is 14.2. The minimum absolute atomic E-state index is 0.107. The summed E-state index contributed by atoms with van der Waals surface area (Å²) in [6.07, 6.45) is 2.83. The molecule has 0 saturated heterocycles. The number of nitrogen functional groups attached to an aromatic ring is 1. The molecule has 132 valence electrons. The van der Waals surface area contributed by atoms with Crippen molar-refractivity contribution < 1.29 is 19.1 Å². The van der Waals surface area contributed by atoms with Crippen LogP contribution in [0.3, 0.4) is 0 Å². The number of carbonyl (C=O) groups is 3. The van der Waals surface area contributed by atoms with Gasteiger partial charge in [-0.3, -0.25) is 14.4 Å². The molecule has 0 aliphatic heterocycles. The molecule has 0 bridgehead atoms. The molecule has 3 rings (SSSR count). The summed E-state index contributed by atoms with van der Waals surface area (Å²) >= 11 is 0. The van der Waals surface area contributed by atoms with Gasteiger partial charge in [-0.25, -0.2) is 0 Å². The monoisotopic (exact) mass is 350 g/mol. The van der Waals surface area contributed by atoms with Crippen molar-refractivity contribution in [3.63, 3.8) is 0 Å². The Morgan fingerprint density at radius 2 is 1.81 bits per heavy atom. The topological polar surface area (TPSA) is 98.5 Å². The van der Waals surface area contributed by atoms with Gasteiger partial charge in [-0.1, -0.05) is 6.07 Å². The second-order valence-corrected chi connectivity index (χ2v) is 6.01. The molecule has 0 saturated carbocycles. The van der Waals surface area contributed by atoms with Crippen molar-refractivity contribution in [2.75, 3.05) is 11.1 Å². The Morgan fingerprint density at radius 1 is 1.08 bits per heavy atom. The third kappa shape index (κ3) is 3.97. The van der Waals surface area contributed by atoms with E-state index in [9.17, 15) is 14.4 Å². The van der Waals surface area contributed by atoms with Crippen LogP contribution in [-0.2, 0) is 9.59 Å². The summed E-state index contributed by atoms with van der Waals surface area (Å²) in [6, 6.07) is 11.5. The summed E-state index contributed by atoms with van der Waals surface area (Å²) < 4.78 is 4.94. The standard InChI is InChI=1S/C20H18N2O4/c1-12(23)26-17-7-3-13(4-8-17)20(25)22-19-11-15(5-9-18(19)21)14-2-6-16(24)10-14/h3-5,7-11H,2,6,21H2,1H3,(H,22,25). The van der Waals surface area contributed by atoms with E-state index in [0.717, 1.165) is 11.1 Å². The van der Waals surface area contributed by atoms with Gasteiger partial charge in [-0.05, 0) is 60.0 Å². The Bertz CT molecular complexity index is 914. The molecule has 1 amide bonds. The highest BCUT2D eigenvalue weighted by molar-refractivity contribution is 6.06. The van der Waals surface area contributed by atoms with E-state index in [1.807, 2.05) is 6.07 Å². The van der Waals surface area contributed by atoms with E-state index in [1.165, 1.54) is 6.92 Å². The van der Waals surface area contributed by atoms with E-state index in [4.69, 9.17) is 10.5 Å². The summed E-state index contributed by atoms with van der Waals surface area (Å²) in [5, 5.41) is 2.78. The normalized spacial score (nSPS) is 13.3. The number of nitrogens with one attached hydrogen (secondary N) is 1. The number of hydrogen-bond donors (Lipinski definition) is 2. The molecule has 0 atom stereocenters. The predicted octanol–water partition coefficient (Wildman–Crippen LogP) is 3.19. The fourth-order valence-electron chi connectivity index (χ4n) is 2.72. The van der Waals surface area contributed by atoms with Gasteiger partial charge >= 0.3 is 5.97 Å². The van der Waals surface area contributed by atoms with Crippen LogP contribution in [-0.4, -0.2) is 17.7 Å². The molecule has 0 spiro atoms. The van der Waals surface area contributed by atoms with Gasteiger partial charge in [0, 0.05) is 18.9 Å². The van der Waals surface area contributed by atoms with Crippen molar-refractivity contribution >= 4 is 34.6 Å². The number of ether oxygens (including phenoxy) is 1. The third-order valence-corrected chi connectivity index (χ3v) is 4.03. The average Bonchev–Trinajstić information content (AvgIpc) is 3.03. The van der Waals surface area contributed by atoms with Crippen LogP contribution in [0.25, 0.3) is 5.57 Å². The molecule has 3 N–H and O–H groups in total. The molecule has 0 radical (unpaired) electrons. The van der Waals surface area contributed by atoms with Crippen LogP contribution in [0.1, 0.15) is 35.7 Å². The first-order valence-electron chi connectivity index (χ1n) is 8.15. The van der Waals surface area contributed by atoms with E-state index in [0.29, 0.717) is 35.5 Å². The molecule has 0 fully saturated rings. The summed E-state index contributed by atoms with van der Waals surface area (Å²) in [6.45, 7) is 1.31. The minimum atomic E-state index is -0.425. The van der Waals surface area contributed by atoms with Crippen LogP contribution in [0.15, 0.2) is 48.5 Å². The molecule has 2 aromatic rings. The number of carbonyl (C=O) groups excluding carboxylic acids is 3. The number of esters is 1. The van der Waals surface area contributed by atoms with Gasteiger partial charge in [0.25, 0.3) is 5.91 Å². The lowest BCUT2D eigenvalue weighted by atomic mass is 10.0. The predicted molar refractivity (Wildman–Crippen MR) is 98.8 cm³/mol. The van der Waals surface area contributed by atoms with Crippen molar-refractivity contribution in [3.05, 3.63) is 59.7 Å². The van der Waals surface area contributed by atoms with Gasteiger partial charge in [-0.15, -0.1) is 0 Å². The highest BCUT2D eigenvalue weighted by atomic mass is 16.5. The van der Waals surface area contributed by atoms with Gasteiger partial charge in [0.15, 0.2) is 5.78 Å². The molecular weight excluding hydrogens is 332 g/mol. The lowest BCUT2D eigenvalue weighted by Gasteiger charge is -2.11. The molecular formula is C20H18N2O4. The Kier molecular flexibility index (Phi) is 4.84. The molecule has 26 heavy (non-hydrogen) atoms. The van der Waals surface area contributed by atoms with Gasteiger partial charge in [0.2, 0.25) is 0 Å². The lowest BCUT2D eigenvalue weighted by Crippen LogP contribution is -2.13. The number of nitrogens with two attached hydrogens (primary N) is 1. The smallest absolute Gasteiger partial charge is 0.308 e. The van der Waals surface area contributed by atoms with E-state index in [2.05, 4.69) is 5.32 Å². The van der Waals surface area contributed by atoms with Gasteiger partial charge in [0.05, 0.1) is 11.4 Å². The van der Waals surface area contributed by atoms with Crippen LogP contribution in [0, 0.1) is 0 Å². The van der Waals surface area contributed by atoms with Gasteiger partial charge < -0.3 is 15.8 Å². The fraction of sp³-hybridized carbons (Fsp3) is 0.150. The second-order valence-electron chi connectivity index (χ2n) is 6.01. The van der Waals surface area contributed by atoms with Gasteiger partial charge in [-0.2, -0.15) is 0 Å². The van der Waals surface area contributed by atoms with E-state index >= 15 is 0 Å². The van der Waals surface area contributed by atoms with Crippen LogP contribution < -0.4 is 15.8 Å². The Labute approximate surface area is 150 Å². The molecule has 0 aromatic heterocycles. The molecule has 1 aliphatic carbocycles. The van der Waals surface area contributed by atoms with Crippen molar-refractivity contribution in [1.82, 2.24) is 0 Å². The maximum absolute atomic E-state index is 12.4. The number of hydrogen-bond acceptors (Lipinski definition) is 5. The van der Waals surface area contributed by atoms with Crippen molar-refractivity contribution in [2.45, 2.75) is 19.8 Å². The Hall–Kier alpha value is -3.41. The zero-order chi connectivity index (χ0) is 18.7. The van der Waals surface area contributed by atoms with Crippen molar-refractivity contribution in [1.29, 1.82) is 0 Å². The number of rotatable bonds is 4. The zero-order valence-corrected chi connectivity index (χ0v) is 14.2. The Morgan fingerprint density at radius 3 is 2.42 bits per heavy atom. The van der Waals surface area contributed by atoms with Crippen LogP contribution in [0.4, 0.5) is 11.4 Å². The summed E-state index contributed by atoms with van der Waals surface area (Å²) in [7, 11) is 0. The second kappa shape index (κ2) is 7.23. The quantitative estimate of drug-likeness (QED) is 0.501. The molecule has 1 aliphatic rings. The van der Waals surface area contributed by atoms with Gasteiger partial charge in [0.1, 0.15) is 5.75 Å². The van der Waals surface area contributed by atoms with E-state index in [-0.39, 0.29) is 11.7 Å². The molecule has 6 heteroatoms. The summed E-state index contributed by atoms with van der Waals surface area (Å²) in [5.74, 6) is -0.283. The SMILES string of the molecule is CC(=O)Oc1ccc(C(=O)Nc2cc(C3=CC(=O)CC3)ccc2N)cc1. The third-order valence-electron chi connectivity index (χ3n) is 4.03. The maximum Gasteiger partial charge on any atom is 0.308 e. The number of amides is 1. The van der Waals surface area contributed by atoms with E-state index in [1.54, 1.807) is 42.5 Å². The first-order valence-corrected chi connectivity index (χ1v) is 8.15. The Balaban J connectivity index is 1.77.